The van der Waals surface area contributed by atoms with Crippen molar-refractivity contribution < 1.29 is 15.0 Å². The number of amides is 1. The molecule has 1 fully saturated rings. The molecule has 23 heavy (non-hydrogen) atoms. The summed E-state index contributed by atoms with van der Waals surface area (Å²) in [4.78, 5) is 25.2. The Hall–Kier alpha value is -2.12. The van der Waals surface area contributed by atoms with Crippen LogP contribution in [0.3, 0.4) is 0 Å². The van der Waals surface area contributed by atoms with E-state index in [-0.39, 0.29) is 18.5 Å². The zero-order valence-corrected chi connectivity index (χ0v) is 13.1. The van der Waals surface area contributed by atoms with Crippen LogP contribution in [0.4, 0.5) is 4.79 Å². The van der Waals surface area contributed by atoms with Gasteiger partial charge in [0.25, 0.3) is 0 Å². The average molecular weight is 356 g/mol. The third-order valence-corrected chi connectivity index (χ3v) is 4.85. The molecule has 1 aromatic carbocycles. The summed E-state index contributed by atoms with van der Waals surface area (Å²) in [7, 11) is 0. The van der Waals surface area contributed by atoms with E-state index in [1.54, 1.807) is 0 Å². The SMILES string of the molecule is O=C(O)N1C[C@@H]2C[C@H]1c1c(O)n(-c3cc(Cl)cc(Cl)c3)c(=O)n12. The van der Waals surface area contributed by atoms with E-state index in [1.165, 1.54) is 27.7 Å². The molecule has 2 aromatic rings. The number of hydrogen-bond acceptors (Lipinski definition) is 3. The first-order valence-corrected chi connectivity index (χ1v) is 7.66. The molecule has 9 heteroatoms. The van der Waals surface area contributed by atoms with Crippen LogP contribution < -0.4 is 5.69 Å². The fourth-order valence-corrected chi connectivity index (χ4v) is 4.07. The van der Waals surface area contributed by atoms with Crippen LogP contribution in [0, 0.1) is 0 Å². The standard InChI is InChI=1S/C14H11Cl2N3O4/c15-6-1-7(16)3-8(2-6)19-12(20)11-10-4-9(18(11)13(19)21)5-17(10)14(22)23/h1-3,9-10,20H,4-5H2,(H,22,23)/t9-,10-/m0/s1. The van der Waals surface area contributed by atoms with Gasteiger partial charge in [0.1, 0.15) is 5.69 Å². The summed E-state index contributed by atoms with van der Waals surface area (Å²) < 4.78 is 2.58. The Morgan fingerprint density at radius 3 is 2.48 bits per heavy atom. The molecule has 120 valence electrons. The normalized spacial score (nSPS) is 21.7. The topological polar surface area (TPSA) is 87.7 Å². The van der Waals surface area contributed by atoms with Gasteiger partial charge >= 0.3 is 11.8 Å². The maximum Gasteiger partial charge on any atom is 0.407 e. The van der Waals surface area contributed by atoms with Crippen molar-refractivity contribution in [1.82, 2.24) is 14.0 Å². The molecule has 7 nitrogen and oxygen atoms in total. The molecule has 0 unspecified atom stereocenters. The molecular weight excluding hydrogens is 345 g/mol. The number of benzene rings is 1. The lowest BCUT2D eigenvalue weighted by Crippen LogP contribution is -2.36. The van der Waals surface area contributed by atoms with Crippen molar-refractivity contribution >= 4 is 29.3 Å². The summed E-state index contributed by atoms with van der Waals surface area (Å²) >= 11 is 11.9. The van der Waals surface area contributed by atoms with Gasteiger partial charge in [0.15, 0.2) is 0 Å². The molecule has 0 aliphatic carbocycles. The number of aromatic hydroxyl groups is 1. The van der Waals surface area contributed by atoms with Crippen molar-refractivity contribution in [2.45, 2.75) is 18.5 Å². The molecule has 2 aliphatic heterocycles. The fraction of sp³-hybridized carbons (Fsp3) is 0.286. The summed E-state index contributed by atoms with van der Waals surface area (Å²) in [6, 6.07) is 3.78. The first-order chi connectivity index (χ1) is 10.9. The highest BCUT2D eigenvalue weighted by molar-refractivity contribution is 6.34. The zero-order chi connectivity index (χ0) is 16.5. The van der Waals surface area contributed by atoms with E-state index in [9.17, 15) is 19.8 Å². The number of nitrogens with zero attached hydrogens (tertiary/aromatic N) is 3. The van der Waals surface area contributed by atoms with E-state index in [0.29, 0.717) is 27.8 Å². The van der Waals surface area contributed by atoms with Gasteiger partial charge in [-0.2, -0.15) is 0 Å². The lowest BCUT2D eigenvalue weighted by molar-refractivity contribution is 0.133. The molecule has 4 rings (SSSR count). The van der Waals surface area contributed by atoms with E-state index in [4.69, 9.17) is 23.2 Å². The Balaban J connectivity index is 1.92. The number of fused-ring (bicyclic) bond motifs is 5. The maximum atomic E-state index is 12.7. The van der Waals surface area contributed by atoms with Crippen LogP contribution >= 0.6 is 23.2 Å². The first kappa shape index (κ1) is 14.5. The number of rotatable bonds is 1. The summed E-state index contributed by atoms with van der Waals surface area (Å²) in [6.07, 6.45) is -0.559. The highest BCUT2D eigenvalue weighted by Crippen LogP contribution is 2.48. The van der Waals surface area contributed by atoms with E-state index in [2.05, 4.69) is 0 Å². The minimum Gasteiger partial charge on any atom is -0.493 e. The van der Waals surface area contributed by atoms with Crippen LogP contribution in [0.15, 0.2) is 23.0 Å². The van der Waals surface area contributed by atoms with E-state index in [0.717, 1.165) is 4.57 Å². The minimum atomic E-state index is -1.06. The number of hydrogen-bond donors (Lipinski definition) is 2. The lowest BCUT2D eigenvalue weighted by atomic mass is 10.2. The second-order valence-electron chi connectivity index (χ2n) is 5.66. The molecule has 0 radical (unpaired) electrons. The number of aromatic nitrogens is 2. The van der Waals surface area contributed by atoms with Crippen LogP contribution in [-0.4, -0.2) is 36.9 Å². The molecule has 1 amide bonds. The van der Waals surface area contributed by atoms with Gasteiger partial charge in [0.2, 0.25) is 5.88 Å². The van der Waals surface area contributed by atoms with Gasteiger partial charge < -0.3 is 10.2 Å². The molecular formula is C14H11Cl2N3O4. The van der Waals surface area contributed by atoms with Crippen molar-refractivity contribution in [2.24, 2.45) is 0 Å². The van der Waals surface area contributed by atoms with Crippen LogP contribution in [0.25, 0.3) is 5.69 Å². The number of carboxylic acid groups (broad SMARTS) is 1. The third-order valence-electron chi connectivity index (χ3n) is 4.41. The van der Waals surface area contributed by atoms with Gasteiger partial charge in [-0.3, -0.25) is 9.47 Å². The smallest absolute Gasteiger partial charge is 0.407 e. The monoisotopic (exact) mass is 355 g/mol. The highest BCUT2D eigenvalue weighted by atomic mass is 35.5. The van der Waals surface area contributed by atoms with Crippen LogP contribution in [-0.2, 0) is 0 Å². The van der Waals surface area contributed by atoms with Crippen LogP contribution in [0.2, 0.25) is 10.0 Å². The number of halogens is 2. The molecule has 0 saturated carbocycles. The van der Waals surface area contributed by atoms with Gasteiger partial charge in [-0.1, -0.05) is 23.2 Å². The third kappa shape index (κ3) is 1.90. The summed E-state index contributed by atoms with van der Waals surface area (Å²) in [5, 5.41) is 20.4. The van der Waals surface area contributed by atoms with Gasteiger partial charge in [0.05, 0.1) is 17.8 Å². The number of likely N-dealkylation sites (tertiary alicyclic amines) is 1. The van der Waals surface area contributed by atoms with Crippen molar-refractivity contribution in [1.29, 1.82) is 0 Å². The van der Waals surface area contributed by atoms with Crippen LogP contribution in [0.1, 0.15) is 24.2 Å². The van der Waals surface area contributed by atoms with Gasteiger partial charge in [-0.25, -0.2) is 14.2 Å². The molecule has 1 saturated heterocycles. The predicted molar refractivity (Wildman–Crippen MR) is 82.8 cm³/mol. The Morgan fingerprint density at radius 2 is 1.87 bits per heavy atom. The predicted octanol–water partition coefficient (Wildman–Crippen LogP) is 2.63. The fourth-order valence-electron chi connectivity index (χ4n) is 3.56. The summed E-state index contributed by atoms with van der Waals surface area (Å²) in [5.41, 5.74) is 0.242. The van der Waals surface area contributed by atoms with Crippen molar-refractivity contribution in [3.63, 3.8) is 0 Å². The second kappa shape index (κ2) is 4.69. The van der Waals surface area contributed by atoms with Crippen molar-refractivity contribution in [3.8, 4) is 11.6 Å². The molecule has 0 spiro atoms. The average Bonchev–Trinajstić information content (AvgIpc) is 3.09. The van der Waals surface area contributed by atoms with Gasteiger partial charge in [-0.05, 0) is 24.6 Å². The lowest BCUT2D eigenvalue weighted by Gasteiger charge is -2.24. The molecule has 2 N–H and O–H groups in total. The Labute approximate surface area is 139 Å². The molecule has 3 heterocycles. The van der Waals surface area contributed by atoms with E-state index < -0.39 is 17.8 Å². The highest BCUT2D eigenvalue weighted by Gasteiger charge is 2.49. The number of carbonyl (C=O) groups is 1. The molecule has 2 aliphatic rings. The van der Waals surface area contributed by atoms with Crippen molar-refractivity contribution in [3.05, 3.63) is 44.4 Å². The second-order valence-corrected chi connectivity index (χ2v) is 6.54. The maximum absolute atomic E-state index is 12.7. The molecule has 2 atom stereocenters. The quantitative estimate of drug-likeness (QED) is 0.822. The molecule has 2 bridgehead atoms. The van der Waals surface area contributed by atoms with E-state index in [1.807, 2.05) is 0 Å². The zero-order valence-electron chi connectivity index (χ0n) is 11.6. The van der Waals surface area contributed by atoms with Crippen molar-refractivity contribution in [2.75, 3.05) is 6.54 Å². The summed E-state index contributed by atoms with van der Waals surface area (Å²) in [5.74, 6) is -0.271. The Kier molecular flexibility index (Phi) is 2.95. The van der Waals surface area contributed by atoms with Crippen LogP contribution in [0.5, 0.6) is 5.88 Å². The Bertz CT molecular complexity index is 884. The number of imidazole rings is 1. The Morgan fingerprint density at radius 1 is 1.22 bits per heavy atom. The minimum absolute atomic E-state index is 0.243. The first-order valence-electron chi connectivity index (χ1n) is 6.90. The van der Waals surface area contributed by atoms with E-state index >= 15 is 0 Å². The summed E-state index contributed by atoms with van der Waals surface area (Å²) in [6.45, 7) is 0.243. The molecule has 1 aromatic heterocycles. The van der Waals surface area contributed by atoms with Gasteiger partial charge in [-0.15, -0.1) is 0 Å². The largest absolute Gasteiger partial charge is 0.493 e. The van der Waals surface area contributed by atoms with Gasteiger partial charge in [0, 0.05) is 16.6 Å².